The number of benzene rings is 1. The lowest BCUT2D eigenvalue weighted by Gasteiger charge is -2.08. The number of rotatable bonds is 9. The first-order valence-corrected chi connectivity index (χ1v) is 8.89. The molecule has 0 saturated carbocycles. The van der Waals surface area contributed by atoms with Gasteiger partial charge in [0.2, 0.25) is 5.91 Å². The molecule has 0 aliphatic carbocycles. The van der Waals surface area contributed by atoms with E-state index in [4.69, 9.17) is 0 Å². The summed E-state index contributed by atoms with van der Waals surface area (Å²) in [5, 5.41) is 2.89. The summed E-state index contributed by atoms with van der Waals surface area (Å²) < 4.78 is 1.48. The van der Waals surface area contributed by atoms with E-state index in [0.29, 0.717) is 25.1 Å². The maximum Gasteiger partial charge on any atom is 0.328 e. The van der Waals surface area contributed by atoms with E-state index in [1.54, 1.807) is 25.3 Å². The number of aromatic nitrogens is 2. The van der Waals surface area contributed by atoms with Crippen molar-refractivity contribution >= 4 is 18.1 Å². The van der Waals surface area contributed by atoms with Crippen molar-refractivity contribution in [3.05, 3.63) is 80.6 Å². The molecular weight excluding hydrogens is 342 g/mol. The third-order valence-electron chi connectivity index (χ3n) is 4.29. The van der Waals surface area contributed by atoms with Gasteiger partial charge in [-0.1, -0.05) is 43.5 Å². The van der Waals surface area contributed by atoms with Gasteiger partial charge in [-0.3, -0.25) is 14.6 Å². The summed E-state index contributed by atoms with van der Waals surface area (Å²) in [4.78, 5) is 37.4. The maximum atomic E-state index is 12.1. The van der Waals surface area contributed by atoms with E-state index < -0.39 is 5.69 Å². The van der Waals surface area contributed by atoms with E-state index in [1.807, 2.05) is 18.2 Å². The smallest absolute Gasteiger partial charge is 0.328 e. The Morgan fingerprint density at radius 1 is 1.19 bits per heavy atom. The Morgan fingerprint density at radius 2 is 1.93 bits per heavy atom. The first kappa shape index (κ1) is 20.2. The third-order valence-corrected chi connectivity index (χ3v) is 4.29. The van der Waals surface area contributed by atoms with Crippen molar-refractivity contribution in [3.8, 4) is 0 Å². The van der Waals surface area contributed by atoms with Gasteiger partial charge in [0, 0.05) is 24.8 Å². The lowest BCUT2D eigenvalue weighted by Crippen LogP contribution is -2.31. The highest BCUT2D eigenvalue weighted by Crippen LogP contribution is 2.15. The molecule has 142 valence electrons. The van der Waals surface area contributed by atoms with E-state index >= 15 is 0 Å². The second-order valence-electron chi connectivity index (χ2n) is 6.37. The molecule has 0 aliphatic rings. The summed E-state index contributed by atoms with van der Waals surface area (Å²) in [6, 6.07) is 5.78. The topological polar surface area (TPSA) is 84.0 Å². The van der Waals surface area contributed by atoms with Crippen LogP contribution in [0.25, 0.3) is 12.2 Å². The molecule has 2 aromatic rings. The zero-order valence-corrected chi connectivity index (χ0v) is 15.6. The van der Waals surface area contributed by atoms with Gasteiger partial charge in [0.1, 0.15) is 0 Å². The molecule has 0 saturated heterocycles. The molecule has 1 amide bonds. The fourth-order valence-electron chi connectivity index (χ4n) is 2.76. The van der Waals surface area contributed by atoms with Crippen LogP contribution < -0.4 is 16.6 Å². The van der Waals surface area contributed by atoms with Crippen molar-refractivity contribution in [2.45, 2.75) is 32.7 Å². The predicted molar refractivity (Wildman–Crippen MR) is 109 cm³/mol. The second-order valence-corrected chi connectivity index (χ2v) is 6.37. The highest BCUT2D eigenvalue weighted by molar-refractivity contribution is 5.79. The summed E-state index contributed by atoms with van der Waals surface area (Å²) in [6.45, 7) is 10.2. The highest BCUT2D eigenvalue weighted by Gasteiger charge is 2.05. The Balaban J connectivity index is 1.77. The minimum Gasteiger partial charge on any atom is -0.356 e. The fraction of sp³-hybridized carbons (Fsp3) is 0.286. The highest BCUT2D eigenvalue weighted by atomic mass is 16.2. The number of hydrogen-bond donors (Lipinski definition) is 2. The largest absolute Gasteiger partial charge is 0.356 e. The van der Waals surface area contributed by atoms with Gasteiger partial charge in [0.05, 0.1) is 6.42 Å². The summed E-state index contributed by atoms with van der Waals surface area (Å²) in [5.41, 5.74) is 2.60. The van der Waals surface area contributed by atoms with Crippen LogP contribution in [0.3, 0.4) is 0 Å². The number of hydrogen-bond acceptors (Lipinski definition) is 3. The standard InChI is InChI=1S/C21H25N3O3/c1-4-17-9-8-16(12-18(17)5-2)13-19(25)22-10-6-7-11-24-14-15(3)20(26)23-21(24)27/h4-5,8-9,12,14H,1-2,6-7,10-11,13H2,3H3,(H,22,25)(H,23,26,27). The Hall–Kier alpha value is -3.15. The lowest BCUT2D eigenvalue weighted by molar-refractivity contribution is -0.120. The van der Waals surface area contributed by atoms with Crippen LogP contribution in [0.2, 0.25) is 0 Å². The van der Waals surface area contributed by atoms with Crippen molar-refractivity contribution in [1.82, 2.24) is 14.9 Å². The molecule has 6 nitrogen and oxygen atoms in total. The van der Waals surface area contributed by atoms with Gasteiger partial charge in [-0.05, 0) is 36.5 Å². The molecule has 0 spiro atoms. The average molecular weight is 367 g/mol. The van der Waals surface area contributed by atoms with Gasteiger partial charge < -0.3 is 9.88 Å². The molecule has 0 unspecified atom stereocenters. The number of aromatic amines is 1. The Kier molecular flexibility index (Phi) is 7.11. The predicted octanol–water partition coefficient (Wildman–Crippen LogP) is 2.27. The van der Waals surface area contributed by atoms with Gasteiger partial charge in [-0.25, -0.2) is 4.79 Å². The molecule has 27 heavy (non-hydrogen) atoms. The Morgan fingerprint density at radius 3 is 2.63 bits per heavy atom. The first-order valence-electron chi connectivity index (χ1n) is 8.89. The van der Waals surface area contributed by atoms with Crippen molar-refractivity contribution in [2.75, 3.05) is 6.54 Å². The van der Waals surface area contributed by atoms with Crippen LogP contribution in [0, 0.1) is 6.92 Å². The quantitative estimate of drug-likeness (QED) is 0.667. The minimum atomic E-state index is -0.407. The fourth-order valence-corrected chi connectivity index (χ4v) is 2.76. The number of nitrogens with one attached hydrogen (secondary N) is 2. The van der Waals surface area contributed by atoms with Crippen LogP contribution in [0.15, 0.2) is 47.1 Å². The molecule has 1 heterocycles. The van der Waals surface area contributed by atoms with Crippen LogP contribution in [0.1, 0.15) is 35.1 Å². The van der Waals surface area contributed by atoms with E-state index in [1.165, 1.54) is 4.57 Å². The summed E-state index contributed by atoms with van der Waals surface area (Å²) >= 11 is 0. The van der Waals surface area contributed by atoms with Crippen molar-refractivity contribution in [2.24, 2.45) is 0 Å². The monoisotopic (exact) mass is 367 g/mol. The number of H-pyrrole nitrogens is 1. The molecule has 0 fully saturated rings. The zero-order valence-electron chi connectivity index (χ0n) is 15.6. The van der Waals surface area contributed by atoms with Gasteiger partial charge in [-0.15, -0.1) is 0 Å². The molecule has 6 heteroatoms. The molecule has 2 N–H and O–H groups in total. The maximum absolute atomic E-state index is 12.1. The van der Waals surface area contributed by atoms with Gasteiger partial charge in [0.15, 0.2) is 0 Å². The number of carbonyl (C=O) groups is 1. The molecular formula is C21H25N3O3. The molecule has 1 aromatic carbocycles. The lowest BCUT2D eigenvalue weighted by atomic mass is 10.0. The van der Waals surface area contributed by atoms with E-state index in [9.17, 15) is 14.4 Å². The normalized spacial score (nSPS) is 10.4. The first-order chi connectivity index (χ1) is 12.9. The van der Waals surface area contributed by atoms with Crippen molar-refractivity contribution in [1.29, 1.82) is 0 Å². The van der Waals surface area contributed by atoms with E-state index in [-0.39, 0.29) is 11.5 Å². The molecule has 0 aliphatic heterocycles. The van der Waals surface area contributed by atoms with Crippen LogP contribution in [0.4, 0.5) is 0 Å². The van der Waals surface area contributed by atoms with Crippen LogP contribution in [-0.2, 0) is 17.8 Å². The third kappa shape index (κ3) is 5.67. The Bertz CT molecular complexity index is 954. The second kappa shape index (κ2) is 9.52. The summed E-state index contributed by atoms with van der Waals surface area (Å²) in [6.07, 6.45) is 6.83. The van der Waals surface area contributed by atoms with Gasteiger partial charge in [-0.2, -0.15) is 0 Å². The molecule has 0 atom stereocenters. The van der Waals surface area contributed by atoms with Crippen molar-refractivity contribution in [3.63, 3.8) is 0 Å². The van der Waals surface area contributed by atoms with Crippen LogP contribution >= 0.6 is 0 Å². The number of carbonyl (C=O) groups excluding carboxylic acids is 1. The summed E-state index contributed by atoms with van der Waals surface area (Å²) in [5.74, 6) is -0.0478. The number of nitrogens with zero attached hydrogens (tertiary/aromatic N) is 1. The molecule has 0 bridgehead atoms. The zero-order chi connectivity index (χ0) is 19.8. The minimum absolute atomic E-state index is 0.0478. The van der Waals surface area contributed by atoms with Crippen LogP contribution in [-0.4, -0.2) is 22.0 Å². The number of aryl methyl sites for hydroxylation is 2. The van der Waals surface area contributed by atoms with Gasteiger partial charge >= 0.3 is 5.69 Å². The van der Waals surface area contributed by atoms with E-state index in [0.717, 1.165) is 29.5 Å². The molecule has 0 radical (unpaired) electrons. The Labute approximate surface area is 158 Å². The number of amides is 1. The molecule has 2 rings (SSSR count). The summed E-state index contributed by atoms with van der Waals surface area (Å²) in [7, 11) is 0. The van der Waals surface area contributed by atoms with Crippen molar-refractivity contribution < 1.29 is 4.79 Å². The number of unbranched alkanes of at least 4 members (excludes halogenated alkanes) is 1. The molecule has 1 aromatic heterocycles. The van der Waals surface area contributed by atoms with Gasteiger partial charge in [0.25, 0.3) is 5.56 Å². The average Bonchev–Trinajstić information content (AvgIpc) is 2.65. The van der Waals surface area contributed by atoms with Crippen LogP contribution in [0.5, 0.6) is 0 Å². The van der Waals surface area contributed by atoms with E-state index in [2.05, 4.69) is 23.5 Å². The SMILES string of the molecule is C=Cc1ccc(CC(=O)NCCCCn2cc(C)c(=O)[nH]c2=O)cc1C=C.